The Morgan fingerprint density at radius 3 is 2.73 bits per heavy atom. The number of aromatic nitrogens is 1. The third kappa shape index (κ3) is 1.90. The normalized spacial score (nSPS) is 11.5. The van der Waals surface area contributed by atoms with Crippen LogP contribution in [0.1, 0.15) is 25.5 Å². The Labute approximate surface area is 90.7 Å². The highest BCUT2D eigenvalue weighted by molar-refractivity contribution is 5.81. The summed E-state index contributed by atoms with van der Waals surface area (Å²) in [6, 6.07) is 9.28. The molecule has 1 aromatic carbocycles. The van der Waals surface area contributed by atoms with E-state index >= 15 is 0 Å². The molecule has 15 heavy (non-hydrogen) atoms. The van der Waals surface area contributed by atoms with E-state index in [0.717, 1.165) is 6.42 Å². The zero-order valence-electron chi connectivity index (χ0n) is 9.40. The van der Waals surface area contributed by atoms with Crippen molar-refractivity contribution in [3.8, 4) is 0 Å². The highest BCUT2D eigenvalue weighted by Crippen LogP contribution is 2.21. The predicted octanol–water partition coefficient (Wildman–Crippen LogP) is 2.72. The molecular weight excluding hydrogens is 184 g/mol. The second-order valence-electron chi connectivity index (χ2n) is 4.25. The topological polar surface area (TPSA) is 30.9 Å². The second-order valence-corrected chi connectivity index (χ2v) is 4.25. The first-order valence-electron chi connectivity index (χ1n) is 5.52. The smallest absolute Gasteiger partial charge is 0.0485 e. The molecule has 80 valence electrons. The summed E-state index contributed by atoms with van der Waals surface area (Å²) in [6.45, 7) is 5.12. The largest absolute Gasteiger partial charge is 0.345 e. The van der Waals surface area contributed by atoms with E-state index < -0.39 is 0 Å². The van der Waals surface area contributed by atoms with Crippen molar-refractivity contribution in [2.75, 3.05) is 6.54 Å². The van der Waals surface area contributed by atoms with E-state index in [2.05, 4.69) is 48.9 Å². The maximum Gasteiger partial charge on any atom is 0.0485 e. The number of fused-ring (bicyclic) bond motifs is 1. The van der Waals surface area contributed by atoms with Crippen LogP contribution in [-0.4, -0.2) is 11.1 Å². The van der Waals surface area contributed by atoms with E-state index in [1.165, 1.54) is 16.5 Å². The van der Waals surface area contributed by atoms with Crippen molar-refractivity contribution in [1.29, 1.82) is 0 Å². The van der Waals surface area contributed by atoms with Gasteiger partial charge in [-0.25, -0.2) is 0 Å². The van der Waals surface area contributed by atoms with Crippen LogP contribution in [0.3, 0.4) is 0 Å². The van der Waals surface area contributed by atoms with E-state index in [4.69, 9.17) is 5.73 Å². The Balaban J connectivity index is 2.51. The zero-order valence-corrected chi connectivity index (χ0v) is 9.40. The van der Waals surface area contributed by atoms with Crippen LogP contribution < -0.4 is 5.73 Å². The summed E-state index contributed by atoms with van der Waals surface area (Å²) >= 11 is 0. The van der Waals surface area contributed by atoms with Crippen molar-refractivity contribution < 1.29 is 0 Å². The molecule has 0 bridgehead atoms. The Bertz CT molecular complexity index is 455. The van der Waals surface area contributed by atoms with Crippen LogP contribution in [-0.2, 0) is 6.42 Å². The van der Waals surface area contributed by atoms with Crippen molar-refractivity contribution >= 4 is 10.9 Å². The van der Waals surface area contributed by atoms with Gasteiger partial charge in [-0.1, -0.05) is 12.1 Å². The molecule has 0 aliphatic heterocycles. The maximum atomic E-state index is 5.57. The lowest BCUT2D eigenvalue weighted by Crippen LogP contribution is -2.03. The third-order valence-corrected chi connectivity index (χ3v) is 2.78. The van der Waals surface area contributed by atoms with Crippen molar-refractivity contribution in [2.45, 2.75) is 26.3 Å². The fourth-order valence-electron chi connectivity index (χ4n) is 1.97. The molecule has 0 fully saturated rings. The Kier molecular flexibility index (Phi) is 2.78. The molecule has 0 aliphatic rings. The van der Waals surface area contributed by atoms with E-state index in [1.807, 2.05) is 0 Å². The van der Waals surface area contributed by atoms with E-state index in [1.54, 1.807) is 0 Å². The predicted molar refractivity (Wildman–Crippen MR) is 65.1 cm³/mol. The van der Waals surface area contributed by atoms with E-state index in [9.17, 15) is 0 Å². The first-order chi connectivity index (χ1) is 7.22. The third-order valence-electron chi connectivity index (χ3n) is 2.78. The number of nitrogens with two attached hydrogens (primary N) is 1. The minimum absolute atomic E-state index is 0.510. The molecule has 2 rings (SSSR count). The lowest BCUT2D eigenvalue weighted by Gasteiger charge is -2.10. The monoisotopic (exact) mass is 202 g/mol. The summed E-state index contributed by atoms with van der Waals surface area (Å²) in [5.74, 6) is 0. The number of benzene rings is 1. The molecule has 0 spiro atoms. The molecular formula is C13H18N2. The highest BCUT2D eigenvalue weighted by atomic mass is 15.0. The lowest BCUT2D eigenvalue weighted by molar-refractivity contribution is 0.623. The maximum absolute atomic E-state index is 5.57. The molecule has 2 heteroatoms. The summed E-state index contributed by atoms with van der Waals surface area (Å²) in [4.78, 5) is 0. The standard InChI is InChI=1S/C13H18N2/c1-10(2)15-8-6-12-4-3-11(5-7-14)9-13(12)15/h3-4,6,8-10H,5,7,14H2,1-2H3. The van der Waals surface area contributed by atoms with Crippen molar-refractivity contribution in [2.24, 2.45) is 5.73 Å². The molecule has 0 saturated carbocycles. The molecule has 0 unspecified atom stereocenters. The van der Waals surface area contributed by atoms with Gasteiger partial charge in [-0.15, -0.1) is 0 Å². The number of hydrogen-bond acceptors (Lipinski definition) is 1. The van der Waals surface area contributed by atoms with Crippen molar-refractivity contribution in [3.63, 3.8) is 0 Å². The van der Waals surface area contributed by atoms with Gasteiger partial charge >= 0.3 is 0 Å². The molecule has 2 nitrogen and oxygen atoms in total. The summed E-state index contributed by atoms with van der Waals surface area (Å²) in [6.07, 6.45) is 3.11. The second kappa shape index (κ2) is 4.07. The van der Waals surface area contributed by atoms with Crippen LogP contribution in [0.2, 0.25) is 0 Å². The van der Waals surface area contributed by atoms with Gasteiger partial charge < -0.3 is 10.3 Å². The van der Waals surface area contributed by atoms with Crippen LogP contribution in [0.4, 0.5) is 0 Å². The van der Waals surface area contributed by atoms with Gasteiger partial charge in [0, 0.05) is 17.8 Å². The van der Waals surface area contributed by atoms with E-state index in [0.29, 0.717) is 12.6 Å². The van der Waals surface area contributed by atoms with Crippen LogP contribution >= 0.6 is 0 Å². The van der Waals surface area contributed by atoms with E-state index in [-0.39, 0.29) is 0 Å². The number of nitrogens with zero attached hydrogens (tertiary/aromatic N) is 1. The first-order valence-corrected chi connectivity index (χ1v) is 5.52. The minimum atomic E-state index is 0.510. The van der Waals surface area contributed by atoms with Gasteiger partial charge in [-0.3, -0.25) is 0 Å². The molecule has 1 aromatic heterocycles. The SMILES string of the molecule is CC(C)n1ccc2ccc(CCN)cc21. The van der Waals surface area contributed by atoms with Crippen LogP contribution in [0.25, 0.3) is 10.9 Å². The summed E-state index contributed by atoms with van der Waals surface area (Å²) in [5, 5.41) is 1.31. The number of rotatable bonds is 3. The Morgan fingerprint density at radius 2 is 2.07 bits per heavy atom. The molecule has 2 N–H and O–H groups in total. The van der Waals surface area contributed by atoms with Gasteiger partial charge in [0.05, 0.1) is 0 Å². The van der Waals surface area contributed by atoms with Crippen molar-refractivity contribution in [3.05, 3.63) is 36.0 Å². The van der Waals surface area contributed by atoms with Gasteiger partial charge in [0.15, 0.2) is 0 Å². The van der Waals surface area contributed by atoms with Crippen molar-refractivity contribution in [1.82, 2.24) is 4.57 Å². The van der Waals surface area contributed by atoms with Gasteiger partial charge in [-0.05, 0) is 49.9 Å². The highest BCUT2D eigenvalue weighted by Gasteiger charge is 2.04. The zero-order chi connectivity index (χ0) is 10.8. The molecule has 1 heterocycles. The Morgan fingerprint density at radius 1 is 1.27 bits per heavy atom. The average Bonchev–Trinajstić information content (AvgIpc) is 2.61. The molecule has 0 amide bonds. The van der Waals surface area contributed by atoms with Crippen LogP contribution in [0.15, 0.2) is 30.5 Å². The quantitative estimate of drug-likeness (QED) is 0.815. The average molecular weight is 202 g/mol. The molecule has 0 atom stereocenters. The Hall–Kier alpha value is -1.28. The summed E-state index contributed by atoms with van der Waals surface area (Å²) < 4.78 is 2.30. The van der Waals surface area contributed by atoms with Gasteiger partial charge in [0.25, 0.3) is 0 Å². The number of hydrogen-bond donors (Lipinski definition) is 1. The summed E-state index contributed by atoms with van der Waals surface area (Å²) in [5.41, 5.74) is 8.21. The molecule has 2 aromatic rings. The van der Waals surface area contributed by atoms with Gasteiger partial charge in [-0.2, -0.15) is 0 Å². The van der Waals surface area contributed by atoms with Crippen LogP contribution in [0.5, 0.6) is 0 Å². The summed E-state index contributed by atoms with van der Waals surface area (Å²) in [7, 11) is 0. The molecule has 0 saturated heterocycles. The molecule has 0 aliphatic carbocycles. The minimum Gasteiger partial charge on any atom is -0.345 e. The fourth-order valence-corrected chi connectivity index (χ4v) is 1.97. The lowest BCUT2D eigenvalue weighted by atomic mass is 10.1. The fraction of sp³-hybridized carbons (Fsp3) is 0.385. The molecule has 0 radical (unpaired) electrons. The van der Waals surface area contributed by atoms with Crippen LogP contribution in [0, 0.1) is 0 Å². The van der Waals surface area contributed by atoms with Gasteiger partial charge in [0.1, 0.15) is 0 Å². The first kappa shape index (κ1) is 10.2. The van der Waals surface area contributed by atoms with Gasteiger partial charge in [0.2, 0.25) is 0 Å².